The van der Waals surface area contributed by atoms with E-state index in [4.69, 9.17) is 9.47 Å². The van der Waals surface area contributed by atoms with Gasteiger partial charge in [-0.25, -0.2) is 4.79 Å². The van der Waals surface area contributed by atoms with E-state index in [0.29, 0.717) is 17.9 Å². The maximum Gasteiger partial charge on any atom is 0.342 e. The normalized spacial score (nSPS) is 11.0. The van der Waals surface area contributed by atoms with E-state index < -0.39 is 0 Å². The minimum absolute atomic E-state index is 0.327. The van der Waals surface area contributed by atoms with Crippen molar-refractivity contribution in [1.82, 2.24) is 0 Å². The Kier molecular flexibility index (Phi) is 11.5. The summed E-state index contributed by atoms with van der Waals surface area (Å²) in [5, 5.41) is 0. The van der Waals surface area contributed by atoms with Crippen molar-refractivity contribution < 1.29 is 14.3 Å². The van der Waals surface area contributed by atoms with Gasteiger partial charge in [-0.05, 0) is 31.4 Å². The Morgan fingerprint density at radius 1 is 1.00 bits per heavy atom. The van der Waals surface area contributed by atoms with Crippen LogP contribution in [0.25, 0.3) is 6.08 Å². The second-order valence-corrected chi connectivity index (χ2v) is 6.31. The molecule has 1 rings (SSSR count). The van der Waals surface area contributed by atoms with Crippen LogP contribution in [0.4, 0.5) is 0 Å². The average Bonchev–Trinajstić information content (AvgIpc) is 2.63. The van der Waals surface area contributed by atoms with Crippen molar-refractivity contribution in [1.29, 1.82) is 0 Å². The lowest BCUT2D eigenvalue weighted by atomic mass is 10.0. The van der Waals surface area contributed by atoms with Gasteiger partial charge in [-0.3, -0.25) is 0 Å². The molecule has 3 heteroatoms. The van der Waals surface area contributed by atoms with Gasteiger partial charge in [0, 0.05) is 0 Å². The summed E-state index contributed by atoms with van der Waals surface area (Å²) < 4.78 is 10.5. The summed E-state index contributed by atoms with van der Waals surface area (Å²) >= 11 is 0. The van der Waals surface area contributed by atoms with Gasteiger partial charge in [0.2, 0.25) is 0 Å². The number of rotatable bonds is 13. The highest BCUT2D eigenvalue weighted by Gasteiger charge is 2.16. The number of esters is 1. The van der Waals surface area contributed by atoms with Crippen LogP contribution in [-0.4, -0.2) is 19.7 Å². The Morgan fingerprint density at radius 2 is 1.68 bits per heavy atom. The topological polar surface area (TPSA) is 35.5 Å². The molecule has 0 radical (unpaired) electrons. The van der Waals surface area contributed by atoms with E-state index in [0.717, 1.165) is 12.0 Å². The highest BCUT2D eigenvalue weighted by atomic mass is 16.5. The molecule has 0 aliphatic carbocycles. The third-order valence-electron chi connectivity index (χ3n) is 4.28. The molecule has 1 aromatic carbocycles. The molecule has 0 bridgehead atoms. The standard InChI is InChI=1S/C22H34O3/c1-4-6-7-8-9-10-11-12-13-14-16-19-17-15-18-20(24-3)21(19)22(23)25-5-2/h14-18H,4-13H2,1-3H3. The van der Waals surface area contributed by atoms with Gasteiger partial charge in [0.25, 0.3) is 0 Å². The van der Waals surface area contributed by atoms with Crippen molar-refractivity contribution in [3.63, 3.8) is 0 Å². The highest BCUT2D eigenvalue weighted by Crippen LogP contribution is 2.24. The van der Waals surface area contributed by atoms with Crippen LogP contribution >= 0.6 is 0 Å². The fourth-order valence-corrected chi connectivity index (χ4v) is 2.89. The smallest absolute Gasteiger partial charge is 0.342 e. The van der Waals surface area contributed by atoms with Gasteiger partial charge in [-0.15, -0.1) is 0 Å². The number of allylic oxidation sites excluding steroid dienone is 1. The van der Waals surface area contributed by atoms with Crippen molar-refractivity contribution in [2.45, 2.75) is 71.6 Å². The first-order chi connectivity index (χ1) is 12.2. The summed E-state index contributed by atoms with van der Waals surface area (Å²) in [5.41, 5.74) is 1.37. The van der Waals surface area contributed by atoms with Crippen LogP contribution in [0, 0.1) is 0 Å². The molecule has 25 heavy (non-hydrogen) atoms. The number of ether oxygens (including phenoxy) is 2. The first-order valence-electron chi connectivity index (χ1n) is 9.75. The Balaban J connectivity index is 2.45. The molecular formula is C22H34O3. The lowest BCUT2D eigenvalue weighted by molar-refractivity contribution is 0.0522. The van der Waals surface area contributed by atoms with E-state index in [1.54, 1.807) is 13.2 Å². The summed E-state index contributed by atoms with van der Waals surface area (Å²) in [6.45, 7) is 4.42. The lowest BCUT2D eigenvalue weighted by Gasteiger charge is -2.10. The minimum Gasteiger partial charge on any atom is -0.496 e. The van der Waals surface area contributed by atoms with Gasteiger partial charge >= 0.3 is 5.97 Å². The molecule has 0 heterocycles. The fraction of sp³-hybridized carbons (Fsp3) is 0.591. The van der Waals surface area contributed by atoms with Crippen molar-refractivity contribution in [3.05, 3.63) is 35.4 Å². The van der Waals surface area contributed by atoms with Crippen molar-refractivity contribution >= 4 is 12.0 Å². The van der Waals surface area contributed by atoms with E-state index in [-0.39, 0.29) is 5.97 Å². The minimum atomic E-state index is -0.327. The molecule has 0 amide bonds. The number of methoxy groups -OCH3 is 1. The van der Waals surface area contributed by atoms with Gasteiger partial charge in [-0.1, -0.05) is 76.2 Å². The Bertz CT molecular complexity index is 520. The average molecular weight is 347 g/mol. The molecule has 0 N–H and O–H groups in total. The maximum atomic E-state index is 12.2. The monoisotopic (exact) mass is 346 g/mol. The predicted molar refractivity (Wildman–Crippen MR) is 105 cm³/mol. The first-order valence-corrected chi connectivity index (χ1v) is 9.75. The quantitative estimate of drug-likeness (QED) is 0.305. The lowest BCUT2D eigenvalue weighted by Crippen LogP contribution is -2.08. The molecular weight excluding hydrogens is 312 g/mol. The van der Waals surface area contributed by atoms with E-state index in [1.807, 2.05) is 25.1 Å². The van der Waals surface area contributed by atoms with Crippen LogP contribution in [0.3, 0.4) is 0 Å². The van der Waals surface area contributed by atoms with E-state index >= 15 is 0 Å². The molecule has 0 spiro atoms. The number of unbranched alkanes of at least 4 members (excludes halogenated alkanes) is 8. The molecule has 0 saturated carbocycles. The largest absolute Gasteiger partial charge is 0.496 e. The van der Waals surface area contributed by atoms with Crippen LogP contribution in [-0.2, 0) is 4.74 Å². The molecule has 0 aliphatic rings. The number of carbonyl (C=O) groups is 1. The van der Waals surface area contributed by atoms with Crippen LogP contribution < -0.4 is 4.74 Å². The molecule has 140 valence electrons. The van der Waals surface area contributed by atoms with Gasteiger partial charge < -0.3 is 9.47 Å². The van der Waals surface area contributed by atoms with Crippen LogP contribution in [0.2, 0.25) is 0 Å². The summed E-state index contributed by atoms with van der Waals surface area (Å²) in [5.74, 6) is 0.236. The zero-order chi connectivity index (χ0) is 18.3. The second-order valence-electron chi connectivity index (χ2n) is 6.31. The van der Waals surface area contributed by atoms with E-state index in [9.17, 15) is 4.79 Å². The number of carbonyl (C=O) groups excluding carboxylic acids is 1. The number of benzene rings is 1. The third-order valence-corrected chi connectivity index (χ3v) is 4.28. The SMILES string of the molecule is CCCCCCCCCCC=Cc1cccc(OC)c1C(=O)OCC. The van der Waals surface area contributed by atoms with Gasteiger partial charge in [-0.2, -0.15) is 0 Å². The van der Waals surface area contributed by atoms with E-state index in [2.05, 4.69) is 13.0 Å². The number of hydrogen-bond donors (Lipinski definition) is 0. The molecule has 3 nitrogen and oxygen atoms in total. The van der Waals surface area contributed by atoms with Crippen LogP contribution in [0.1, 0.15) is 87.6 Å². The summed E-state index contributed by atoms with van der Waals surface area (Å²) in [4.78, 5) is 12.2. The summed E-state index contributed by atoms with van der Waals surface area (Å²) in [7, 11) is 1.58. The van der Waals surface area contributed by atoms with Crippen molar-refractivity contribution in [2.24, 2.45) is 0 Å². The van der Waals surface area contributed by atoms with E-state index in [1.165, 1.54) is 51.4 Å². The molecule has 0 fully saturated rings. The molecule has 0 saturated heterocycles. The Hall–Kier alpha value is -1.77. The maximum absolute atomic E-state index is 12.2. The molecule has 0 aromatic heterocycles. The zero-order valence-electron chi connectivity index (χ0n) is 16.2. The fourth-order valence-electron chi connectivity index (χ4n) is 2.89. The molecule has 0 aliphatic heterocycles. The molecule has 0 atom stereocenters. The second kappa shape index (κ2) is 13.5. The van der Waals surface area contributed by atoms with Gasteiger partial charge in [0.05, 0.1) is 13.7 Å². The van der Waals surface area contributed by atoms with Crippen LogP contribution in [0.5, 0.6) is 5.75 Å². The van der Waals surface area contributed by atoms with Crippen molar-refractivity contribution in [3.8, 4) is 5.75 Å². The zero-order valence-corrected chi connectivity index (χ0v) is 16.2. The van der Waals surface area contributed by atoms with Crippen LogP contribution in [0.15, 0.2) is 24.3 Å². The van der Waals surface area contributed by atoms with Gasteiger partial charge in [0.1, 0.15) is 11.3 Å². The molecule has 0 unspecified atom stereocenters. The first kappa shape index (κ1) is 21.3. The van der Waals surface area contributed by atoms with Gasteiger partial charge in [0.15, 0.2) is 0 Å². The number of hydrogen-bond acceptors (Lipinski definition) is 3. The Labute approximate surface area is 153 Å². The van der Waals surface area contributed by atoms with Crippen molar-refractivity contribution in [2.75, 3.05) is 13.7 Å². The summed E-state index contributed by atoms with van der Waals surface area (Å²) in [6, 6.07) is 5.62. The predicted octanol–water partition coefficient (Wildman–Crippen LogP) is 6.42. The molecule has 1 aromatic rings. The summed E-state index contributed by atoms with van der Waals surface area (Å²) in [6.07, 6.45) is 15.8. The highest BCUT2D eigenvalue weighted by molar-refractivity contribution is 5.96. The Morgan fingerprint density at radius 3 is 2.32 bits per heavy atom. The third kappa shape index (κ3) is 8.24.